The van der Waals surface area contributed by atoms with Crippen LogP contribution in [0.5, 0.6) is 0 Å². The smallest absolute Gasteiger partial charge is 0.359 e. The Morgan fingerprint density at radius 3 is 2.61 bits per heavy atom. The highest BCUT2D eigenvalue weighted by Gasteiger charge is 2.48. The Balaban J connectivity index is 1.81. The number of halogens is 2. The minimum Gasteiger partial charge on any atom is -0.368 e. The largest absolute Gasteiger partial charge is 0.368 e. The molecule has 0 aromatic carbocycles. The van der Waals surface area contributed by atoms with E-state index >= 15 is 0 Å². The first-order valence-electron chi connectivity index (χ1n) is 8.99. The van der Waals surface area contributed by atoms with E-state index in [1.807, 2.05) is 0 Å². The van der Waals surface area contributed by atoms with Crippen molar-refractivity contribution in [2.45, 2.75) is 65.1 Å². The van der Waals surface area contributed by atoms with Crippen molar-refractivity contribution < 1.29 is 22.7 Å². The lowest BCUT2D eigenvalue weighted by Crippen LogP contribution is -2.18. The van der Waals surface area contributed by atoms with Crippen molar-refractivity contribution in [3.63, 3.8) is 0 Å². The molecule has 0 radical (unpaired) electrons. The first kappa shape index (κ1) is 21.4. The average Bonchev–Trinajstić information content (AvgIpc) is 3.11. The van der Waals surface area contributed by atoms with Gasteiger partial charge in [-0.1, -0.05) is 11.6 Å². The van der Waals surface area contributed by atoms with E-state index in [0.717, 1.165) is 0 Å². The van der Waals surface area contributed by atoms with Crippen molar-refractivity contribution in [2.24, 2.45) is 5.92 Å². The average molecular weight is 436 g/mol. The van der Waals surface area contributed by atoms with Crippen LogP contribution in [0, 0.1) is 5.92 Å². The third-order valence-electron chi connectivity index (χ3n) is 4.10. The van der Waals surface area contributed by atoms with Gasteiger partial charge in [0.2, 0.25) is 12.3 Å². The highest BCUT2D eigenvalue weighted by molar-refractivity contribution is 7.54. The third-order valence-corrected chi connectivity index (χ3v) is 6.83. The van der Waals surface area contributed by atoms with Crippen molar-refractivity contribution in [1.29, 1.82) is 0 Å². The Labute approximate surface area is 167 Å². The van der Waals surface area contributed by atoms with Crippen LogP contribution in [0.4, 0.5) is 10.3 Å². The van der Waals surface area contributed by atoms with Gasteiger partial charge in [-0.15, -0.1) is 0 Å². The predicted molar refractivity (Wildman–Crippen MR) is 103 cm³/mol. The second kappa shape index (κ2) is 8.20. The molecule has 1 aliphatic rings. The molecule has 28 heavy (non-hydrogen) atoms. The molecule has 156 valence electrons. The van der Waals surface area contributed by atoms with E-state index in [9.17, 15) is 8.96 Å². The number of ether oxygens (including phenoxy) is 1. The number of aromatic nitrogens is 4. The second-order valence-electron chi connectivity index (χ2n) is 7.23. The van der Waals surface area contributed by atoms with Gasteiger partial charge < -0.3 is 24.1 Å². The fourth-order valence-electron chi connectivity index (χ4n) is 3.10. The van der Waals surface area contributed by atoms with Crippen LogP contribution in [0.25, 0.3) is 11.2 Å². The van der Waals surface area contributed by atoms with Gasteiger partial charge in [0.25, 0.3) is 0 Å². The number of fused-ring (bicyclic) bond motifs is 1. The number of hydrogen-bond donors (Lipinski definition) is 1. The first-order valence-corrected chi connectivity index (χ1v) is 11.0. The van der Waals surface area contributed by atoms with Crippen molar-refractivity contribution in [3.8, 4) is 0 Å². The predicted octanol–water partition coefficient (Wildman–Crippen LogP) is 3.76. The molecule has 2 N–H and O–H groups in total. The Morgan fingerprint density at radius 2 is 2.00 bits per heavy atom. The molecule has 0 amide bonds. The number of alkyl halides is 1. The number of imidazole rings is 1. The molecule has 0 bridgehead atoms. The summed E-state index contributed by atoms with van der Waals surface area (Å²) >= 11 is 6.03. The van der Waals surface area contributed by atoms with E-state index in [0.29, 0.717) is 11.2 Å². The maximum atomic E-state index is 14.6. The highest BCUT2D eigenvalue weighted by atomic mass is 35.5. The van der Waals surface area contributed by atoms with Crippen LogP contribution in [0.15, 0.2) is 6.33 Å². The molecule has 0 unspecified atom stereocenters. The summed E-state index contributed by atoms with van der Waals surface area (Å²) < 4.78 is 45.9. The molecule has 1 fully saturated rings. The second-order valence-corrected chi connectivity index (χ2v) is 9.66. The molecule has 3 heterocycles. The van der Waals surface area contributed by atoms with E-state index in [4.69, 9.17) is 31.1 Å². The Hall–Kier alpha value is -1.32. The van der Waals surface area contributed by atoms with Gasteiger partial charge in [0.15, 0.2) is 16.6 Å². The van der Waals surface area contributed by atoms with Crippen LogP contribution >= 0.6 is 19.2 Å². The number of nitrogen functional groups attached to an aromatic ring is 1. The normalized spacial score (nSPS) is 23.4. The minimum absolute atomic E-state index is 0.00300. The Bertz CT molecular complexity index is 881. The van der Waals surface area contributed by atoms with E-state index in [1.165, 1.54) is 6.33 Å². The zero-order chi connectivity index (χ0) is 20.6. The topological polar surface area (TPSA) is 114 Å². The molecule has 3 rings (SSSR count). The van der Waals surface area contributed by atoms with Gasteiger partial charge in [0.1, 0.15) is 5.52 Å². The van der Waals surface area contributed by atoms with Crippen LogP contribution < -0.4 is 5.73 Å². The Morgan fingerprint density at radius 1 is 1.36 bits per heavy atom. The molecule has 1 saturated heterocycles. The number of rotatable bonds is 7. The number of anilines is 1. The summed E-state index contributed by atoms with van der Waals surface area (Å²) in [7, 11) is -3.66. The zero-order valence-electron chi connectivity index (χ0n) is 16.1. The van der Waals surface area contributed by atoms with Gasteiger partial charge in [-0.25, -0.2) is 9.37 Å². The number of nitrogens with two attached hydrogens (primary N) is 1. The third kappa shape index (κ3) is 4.46. The van der Waals surface area contributed by atoms with Crippen molar-refractivity contribution >= 4 is 36.3 Å². The van der Waals surface area contributed by atoms with Crippen LogP contribution in [0.3, 0.4) is 0 Å². The van der Waals surface area contributed by atoms with Crippen molar-refractivity contribution in [2.75, 3.05) is 5.73 Å². The van der Waals surface area contributed by atoms with Gasteiger partial charge in [-0.3, -0.25) is 4.57 Å². The van der Waals surface area contributed by atoms with Gasteiger partial charge in [0.05, 0.1) is 18.5 Å². The summed E-state index contributed by atoms with van der Waals surface area (Å²) in [5.74, 6) is -1.59. The first-order chi connectivity index (χ1) is 13.1. The molecule has 0 aliphatic carbocycles. The SMILES string of the molecule is CC(C)OP(=O)(OC(C)C)[C@H]1C[C@H](Cn2cnc3c(Cl)nc(N)nc32)[C@@H](F)O1. The van der Waals surface area contributed by atoms with Crippen LogP contribution in [0.2, 0.25) is 5.15 Å². The summed E-state index contributed by atoms with van der Waals surface area (Å²) in [5.41, 5.74) is 6.41. The summed E-state index contributed by atoms with van der Waals surface area (Å²) in [4.78, 5) is 12.1. The van der Waals surface area contributed by atoms with Crippen LogP contribution in [-0.4, -0.2) is 43.9 Å². The lowest BCUT2D eigenvalue weighted by molar-refractivity contribution is -0.0408. The zero-order valence-corrected chi connectivity index (χ0v) is 17.7. The molecule has 2 aromatic rings. The maximum absolute atomic E-state index is 14.6. The van der Waals surface area contributed by atoms with Crippen LogP contribution in [0.1, 0.15) is 34.1 Å². The van der Waals surface area contributed by atoms with E-state index in [2.05, 4.69) is 15.0 Å². The van der Waals surface area contributed by atoms with E-state index < -0.39 is 25.7 Å². The number of hydrogen-bond acceptors (Lipinski definition) is 8. The molecule has 1 aliphatic heterocycles. The lowest BCUT2D eigenvalue weighted by atomic mass is 10.1. The van der Waals surface area contributed by atoms with E-state index in [1.54, 1.807) is 32.3 Å². The molecule has 12 heteroatoms. The van der Waals surface area contributed by atoms with Gasteiger partial charge in [-0.2, -0.15) is 9.97 Å². The van der Waals surface area contributed by atoms with E-state index in [-0.39, 0.29) is 36.3 Å². The standard InChI is InChI=1S/C16H24ClFN5O4P/c1-8(2)26-28(24,27-9(3)4)11-5-10(14(18)25-11)6-23-7-20-12-13(17)21-16(19)22-15(12)23/h7-11,14H,5-6H2,1-4H3,(H2,19,21,22)/t10-,11+,14+/m1/s1. The van der Waals surface area contributed by atoms with Crippen LogP contribution in [-0.2, 0) is 24.9 Å². The summed E-state index contributed by atoms with van der Waals surface area (Å²) in [6.45, 7) is 7.13. The molecular weight excluding hydrogens is 412 g/mol. The van der Waals surface area contributed by atoms with Gasteiger partial charge >= 0.3 is 7.60 Å². The lowest BCUT2D eigenvalue weighted by Gasteiger charge is -2.26. The highest BCUT2D eigenvalue weighted by Crippen LogP contribution is 2.60. The van der Waals surface area contributed by atoms with Gasteiger partial charge in [0, 0.05) is 12.5 Å². The van der Waals surface area contributed by atoms with Gasteiger partial charge in [-0.05, 0) is 34.1 Å². The molecule has 9 nitrogen and oxygen atoms in total. The molecular formula is C16H24ClFN5O4P. The quantitative estimate of drug-likeness (QED) is 0.516. The maximum Gasteiger partial charge on any atom is 0.359 e. The summed E-state index contributed by atoms with van der Waals surface area (Å²) in [6.07, 6.45) is -0.711. The fourth-order valence-corrected chi connectivity index (χ4v) is 5.61. The molecule has 2 aromatic heterocycles. The minimum atomic E-state index is -3.66. The molecule has 3 atom stereocenters. The van der Waals surface area contributed by atoms with Crippen molar-refractivity contribution in [3.05, 3.63) is 11.5 Å². The monoisotopic (exact) mass is 435 g/mol. The Kier molecular flexibility index (Phi) is 6.26. The summed E-state index contributed by atoms with van der Waals surface area (Å²) in [6, 6.07) is 0. The summed E-state index contributed by atoms with van der Waals surface area (Å²) in [5, 5.41) is 0.124. The van der Waals surface area contributed by atoms with Crippen molar-refractivity contribution in [1.82, 2.24) is 19.5 Å². The fraction of sp³-hybridized carbons (Fsp3) is 0.688. The molecule has 0 spiro atoms. The molecule has 0 saturated carbocycles. The number of nitrogens with zero attached hydrogens (tertiary/aromatic N) is 4.